The largest absolute Gasteiger partial charge is 0.465 e. The fraction of sp³-hybridized carbons (Fsp3) is 0.929. The van der Waals surface area contributed by atoms with Crippen molar-refractivity contribution in [3.63, 3.8) is 0 Å². The minimum atomic E-state index is -1.81. The fourth-order valence-corrected chi connectivity index (χ4v) is 2.61. The number of carbonyl (C=O) groups excluding carboxylic acids is 1. The molecule has 1 rings (SSSR count). The van der Waals surface area contributed by atoms with Gasteiger partial charge in [-0.05, 0) is 26.7 Å². The predicted molar refractivity (Wildman–Crippen MR) is 70.4 cm³/mol. The molecule has 2 N–H and O–H groups in total. The molecule has 0 aromatic heterocycles. The second-order valence-electron chi connectivity index (χ2n) is 5.55. The van der Waals surface area contributed by atoms with Crippen LogP contribution >= 0.6 is 0 Å². The van der Waals surface area contributed by atoms with Crippen LogP contribution in [-0.2, 0) is 14.3 Å². The Morgan fingerprint density at radius 2 is 2.05 bits per heavy atom. The van der Waals surface area contributed by atoms with Crippen LogP contribution in [0.2, 0.25) is 0 Å². The first-order valence-corrected chi connectivity index (χ1v) is 7.09. The lowest BCUT2D eigenvalue weighted by atomic mass is 9.70. The second kappa shape index (κ2) is 6.68. The number of ether oxygens (including phenoxy) is 2. The van der Waals surface area contributed by atoms with Gasteiger partial charge in [-0.3, -0.25) is 4.79 Å². The van der Waals surface area contributed by atoms with Crippen LogP contribution in [0.4, 0.5) is 0 Å². The molecule has 0 amide bonds. The Balaban J connectivity index is 2.78. The van der Waals surface area contributed by atoms with Crippen molar-refractivity contribution in [3.05, 3.63) is 0 Å². The summed E-state index contributed by atoms with van der Waals surface area (Å²) >= 11 is 0. The maximum absolute atomic E-state index is 12.1. The summed E-state index contributed by atoms with van der Waals surface area (Å²) in [5.41, 5.74) is -0.995. The Morgan fingerprint density at radius 1 is 1.37 bits per heavy atom. The zero-order valence-corrected chi connectivity index (χ0v) is 12.1. The SMILES string of the molecule is CCCCO[C@@H]1CCC(O)(O)C[C@]1(C)C(=O)OCC. The molecule has 1 fully saturated rings. The average Bonchev–Trinajstić information content (AvgIpc) is 2.32. The monoisotopic (exact) mass is 274 g/mol. The van der Waals surface area contributed by atoms with Gasteiger partial charge in [-0.1, -0.05) is 13.3 Å². The van der Waals surface area contributed by atoms with Gasteiger partial charge in [0.05, 0.1) is 18.1 Å². The van der Waals surface area contributed by atoms with Crippen molar-refractivity contribution < 1.29 is 24.5 Å². The van der Waals surface area contributed by atoms with Gasteiger partial charge in [0.2, 0.25) is 0 Å². The predicted octanol–water partition coefficient (Wildman–Crippen LogP) is 1.61. The first-order chi connectivity index (χ1) is 8.85. The van der Waals surface area contributed by atoms with Crippen LogP contribution in [0.3, 0.4) is 0 Å². The van der Waals surface area contributed by atoms with Gasteiger partial charge in [0.1, 0.15) is 0 Å². The van der Waals surface area contributed by atoms with E-state index in [1.54, 1.807) is 13.8 Å². The Morgan fingerprint density at radius 3 is 2.63 bits per heavy atom. The summed E-state index contributed by atoms with van der Waals surface area (Å²) in [6, 6.07) is 0. The Kier molecular flexibility index (Phi) is 5.77. The lowest BCUT2D eigenvalue weighted by Crippen LogP contribution is -2.53. The molecule has 0 aromatic carbocycles. The summed E-state index contributed by atoms with van der Waals surface area (Å²) in [6.07, 6.45) is 2.26. The van der Waals surface area contributed by atoms with E-state index in [4.69, 9.17) is 9.47 Å². The number of esters is 1. The molecule has 112 valence electrons. The maximum Gasteiger partial charge on any atom is 0.314 e. The molecule has 19 heavy (non-hydrogen) atoms. The minimum Gasteiger partial charge on any atom is -0.465 e. The van der Waals surface area contributed by atoms with Crippen LogP contribution in [0.25, 0.3) is 0 Å². The normalized spacial score (nSPS) is 30.1. The van der Waals surface area contributed by atoms with Crippen molar-refractivity contribution in [1.29, 1.82) is 0 Å². The van der Waals surface area contributed by atoms with Crippen LogP contribution in [0, 0.1) is 5.41 Å². The molecule has 0 heterocycles. The molecule has 0 saturated heterocycles. The smallest absolute Gasteiger partial charge is 0.314 e. The molecular formula is C14H26O5. The molecule has 0 radical (unpaired) electrons. The standard InChI is InChI=1S/C14H26O5/c1-4-6-9-19-11-7-8-14(16,17)10-13(11,3)12(15)18-5-2/h11,16-17H,4-10H2,1-3H3/t11-,13+/m1/s1. The lowest BCUT2D eigenvalue weighted by molar-refractivity contribution is -0.237. The fourth-order valence-electron chi connectivity index (χ4n) is 2.61. The van der Waals surface area contributed by atoms with Crippen molar-refractivity contribution >= 4 is 5.97 Å². The first-order valence-electron chi connectivity index (χ1n) is 7.09. The number of hydrogen-bond acceptors (Lipinski definition) is 5. The molecule has 0 bridgehead atoms. The quantitative estimate of drug-likeness (QED) is 0.437. The van der Waals surface area contributed by atoms with Gasteiger partial charge in [0.15, 0.2) is 5.79 Å². The maximum atomic E-state index is 12.1. The van der Waals surface area contributed by atoms with Gasteiger partial charge in [0.25, 0.3) is 0 Å². The molecule has 0 aromatic rings. The van der Waals surface area contributed by atoms with Crippen molar-refractivity contribution in [2.75, 3.05) is 13.2 Å². The third-order valence-corrected chi connectivity index (χ3v) is 3.73. The third kappa shape index (κ3) is 4.16. The van der Waals surface area contributed by atoms with Crippen LogP contribution < -0.4 is 0 Å². The summed E-state index contributed by atoms with van der Waals surface area (Å²) in [6.45, 7) is 6.37. The lowest BCUT2D eigenvalue weighted by Gasteiger charge is -2.44. The van der Waals surface area contributed by atoms with E-state index >= 15 is 0 Å². The second-order valence-corrected chi connectivity index (χ2v) is 5.55. The number of hydrogen-bond donors (Lipinski definition) is 2. The highest BCUT2D eigenvalue weighted by Gasteiger charge is 2.52. The molecule has 0 aliphatic heterocycles. The van der Waals surface area contributed by atoms with E-state index in [2.05, 4.69) is 6.92 Å². The highest BCUT2D eigenvalue weighted by atomic mass is 16.5. The van der Waals surface area contributed by atoms with Crippen LogP contribution in [0.5, 0.6) is 0 Å². The van der Waals surface area contributed by atoms with E-state index in [0.29, 0.717) is 13.0 Å². The van der Waals surface area contributed by atoms with Gasteiger partial charge in [-0.15, -0.1) is 0 Å². The van der Waals surface area contributed by atoms with Crippen molar-refractivity contribution in [3.8, 4) is 0 Å². The molecule has 1 aliphatic carbocycles. The number of rotatable bonds is 6. The van der Waals surface area contributed by atoms with Gasteiger partial charge in [-0.25, -0.2) is 0 Å². The first kappa shape index (κ1) is 16.4. The number of unbranched alkanes of at least 4 members (excludes halogenated alkanes) is 1. The zero-order valence-electron chi connectivity index (χ0n) is 12.1. The van der Waals surface area contributed by atoms with Crippen molar-refractivity contribution in [2.24, 2.45) is 5.41 Å². The molecule has 2 atom stereocenters. The van der Waals surface area contributed by atoms with Gasteiger partial charge >= 0.3 is 5.97 Å². The topological polar surface area (TPSA) is 76.0 Å². The van der Waals surface area contributed by atoms with Gasteiger partial charge in [-0.2, -0.15) is 0 Å². The minimum absolute atomic E-state index is 0.0460. The van der Waals surface area contributed by atoms with Crippen LogP contribution in [0.15, 0.2) is 0 Å². The Labute approximate surface area is 114 Å². The van der Waals surface area contributed by atoms with Gasteiger partial charge < -0.3 is 19.7 Å². The van der Waals surface area contributed by atoms with Crippen molar-refractivity contribution in [1.82, 2.24) is 0 Å². The molecule has 1 saturated carbocycles. The summed E-state index contributed by atoms with van der Waals surface area (Å²) in [5.74, 6) is -2.23. The van der Waals surface area contributed by atoms with E-state index in [1.165, 1.54) is 0 Å². The molecule has 5 nitrogen and oxygen atoms in total. The summed E-state index contributed by atoms with van der Waals surface area (Å²) in [7, 11) is 0. The average molecular weight is 274 g/mol. The Hall–Kier alpha value is -0.650. The van der Waals surface area contributed by atoms with E-state index in [-0.39, 0.29) is 25.6 Å². The molecule has 0 unspecified atom stereocenters. The number of carbonyl (C=O) groups is 1. The molecule has 0 spiro atoms. The summed E-state index contributed by atoms with van der Waals surface area (Å²) < 4.78 is 10.8. The highest BCUT2D eigenvalue weighted by Crippen LogP contribution is 2.43. The number of aliphatic hydroxyl groups is 2. The van der Waals surface area contributed by atoms with E-state index < -0.39 is 17.2 Å². The molecule has 5 heteroatoms. The van der Waals surface area contributed by atoms with Crippen LogP contribution in [0.1, 0.15) is 52.9 Å². The molecule has 1 aliphatic rings. The van der Waals surface area contributed by atoms with E-state index in [1.807, 2.05) is 0 Å². The Bertz CT molecular complexity index is 302. The van der Waals surface area contributed by atoms with Crippen LogP contribution in [-0.4, -0.2) is 41.3 Å². The third-order valence-electron chi connectivity index (χ3n) is 3.73. The van der Waals surface area contributed by atoms with E-state index in [0.717, 1.165) is 12.8 Å². The molecular weight excluding hydrogens is 248 g/mol. The van der Waals surface area contributed by atoms with Crippen molar-refractivity contribution in [2.45, 2.75) is 64.8 Å². The van der Waals surface area contributed by atoms with Gasteiger partial charge in [0, 0.05) is 19.4 Å². The summed E-state index contributed by atoms with van der Waals surface area (Å²) in [5, 5.41) is 19.6. The zero-order chi connectivity index (χ0) is 14.5. The highest BCUT2D eigenvalue weighted by molar-refractivity contribution is 5.77. The van der Waals surface area contributed by atoms with E-state index in [9.17, 15) is 15.0 Å². The summed E-state index contributed by atoms with van der Waals surface area (Å²) in [4.78, 5) is 12.1.